The number of Topliss-reactive ketones (excluding diaryl/α,β-unsaturated/α-hetero) is 1. The topological polar surface area (TPSA) is 34.0 Å². The molecule has 1 aromatic heterocycles. The summed E-state index contributed by atoms with van der Waals surface area (Å²) in [6.07, 6.45) is 10.3. The first-order valence-corrected chi connectivity index (χ1v) is 7.78. The van der Waals surface area contributed by atoms with Gasteiger partial charge in [0.1, 0.15) is 0 Å². The first kappa shape index (κ1) is 12.9. The van der Waals surface area contributed by atoms with Crippen molar-refractivity contribution >= 4 is 5.78 Å². The van der Waals surface area contributed by atoms with Crippen molar-refractivity contribution in [3.8, 4) is 0 Å². The van der Waals surface area contributed by atoms with E-state index in [9.17, 15) is 4.79 Å². The second kappa shape index (κ2) is 5.91. The largest absolute Gasteiger partial charge is 0.342 e. The molecule has 1 aliphatic heterocycles. The summed E-state index contributed by atoms with van der Waals surface area (Å²) in [6.45, 7) is 2.14. The molecule has 3 heteroatoms. The van der Waals surface area contributed by atoms with Crippen molar-refractivity contribution in [1.82, 2.24) is 9.88 Å². The normalized spacial score (nSPS) is 22.5. The third-order valence-corrected chi connectivity index (χ3v) is 4.71. The van der Waals surface area contributed by atoms with Crippen LogP contribution >= 0.6 is 0 Å². The van der Waals surface area contributed by atoms with Crippen LogP contribution in [0.3, 0.4) is 0 Å². The molecule has 2 aliphatic rings. The zero-order chi connectivity index (χ0) is 13.1. The summed E-state index contributed by atoms with van der Waals surface area (Å²) >= 11 is 0. The van der Waals surface area contributed by atoms with E-state index in [0.29, 0.717) is 11.8 Å². The second-order valence-electron chi connectivity index (χ2n) is 5.98. The molecular weight excluding hydrogens is 236 g/mol. The molecule has 2 heterocycles. The van der Waals surface area contributed by atoms with Crippen LogP contribution in [0, 0.1) is 5.92 Å². The van der Waals surface area contributed by atoms with E-state index in [2.05, 4.69) is 16.1 Å². The van der Waals surface area contributed by atoms with Crippen LogP contribution < -0.4 is 5.32 Å². The minimum absolute atomic E-state index is 0.282. The number of carbonyl (C=O) groups excluding carboxylic acids is 1. The number of nitrogens with one attached hydrogen (secondary N) is 1. The van der Waals surface area contributed by atoms with Crippen molar-refractivity contribution in [3.63, 3.8) is 0 Å². The molecule has 0 aromatic carbocycles. The first-order chi connectivity index (χ1) is 9.36. The third-order valence-electron chi connectivity index (χ3n) is 4.71. The van der Waals surface area contributed by atoms with E-state index in [0.717, 1.165) is 44.5 Å². The fourth-order valence-electron chi connectivity index (χ4n) is 3.58. The maximum absolute atomic E-state index is 12.7. The van der Waals surface area contributed by atoms with Crippen LogP contribution in [0.2, 0.25) is 0 Å². The monoisotopic (exact) mass is 260 g/mol. The lowest BCUT2D eigenvalue weighted by atomic mass is 9.85. The molecule has 3 nitrogen and oxygen atoms in total. The molecule has 0 amide bonds. The Morgan fingerprint density at radius 3 is 2.58 bits per heavy atom. The molecule has 104 valence electrons. The van der Waals surface area contributed by atoms with Crippen molar-refractivity contribution in [3.05, 3.63) is 24.0 Å². The zero-order valence-electron chi connectivity index (χ0n) is 11.6. The highest BCUT2D eigenvalue weighted by molar-refractivity contribution is 5.96. The third kappa shape index (κ3) is 2.76. The van der Waals surface area contributed by atoms with E-state index in [-0.39, 0.29) is 5.92 Å². The first-order valence-electron chi connectivity index (χ1n) is 7.78. The van der Waals surface area contributed by atoms with Crippen LogP contribution in [-0.4, -0.2) is 23.4 Å². The van der Waals surface area contributed by atoms with Gasteiger partial charge >= 0.3 is 0 Å². The lowest BCUT2D eigenvalue weighted by Crippen LogP contribution is -2.31. The van der Waals surface area contributed by atoms with E-state index in [1.165, 1.54) is 19.3 Å². The highest BCUT2D eigenvalue weighted by atomic mass is 16.1. The summed E-state index contributed by atoms with van der Waals surface area (Å²) in [5.74, 6) is 0.673. The molecular formula is C16H24N2O. The zero-order valence-corrected chi connectivity index (χ0v) is 11.6. The molecule has 1 aliphatic carbocycles. The van der Waals surface area contributed by atoms with E-state index in [4.69, 9.17) is 0 Å². The minimum Gasteiger partial charge on any atom is -0.342 e. The van der Waals surface area contributed by atoms with E-state index < -0.39 is 0 Å². The summed E-state index contributed by atoms with van der Waals surface area (Å²) in [5, 5.41) is 3.39. The maximum Gasteiger partial charge on any atom is 0.182 e. The Morgan fingerprint density at radius 2 is 1.84 bits per heavy atom. The van der Waals surface area contributed by atoms with Crippen molar-refractivity contribution in [2.45, 2.75) is 51.0 Å². The number of piperidine rings is 1. The summed E-state index contributed by atoms with van der Waals surface area (Å²) < 4.78 is 2.25. The number of carbonyl (C=O) groups is 1. The fraction of sp³-hybridized carbons (Fsp3) is 0.688. The number of hydrogen-bond donors (Lipinski definition) is 1. The Hall–Kier alpha value is -1.09. The lowest BCUT2D eigenvalue weighted by molar-refractivity contribution is 0.0876. The molecule has 19 heavy (non-hydrogen) atoms. The van der Waals surface area contributed by atoms with Gasteiger partial charge in [0, 0.05) is 18.2 Å². The van der Waals surface area contributed by atoms with Crippen LogP contribution in [-0.2, 0) is 0 Å². The summed E-state index contributed by atoms with van der Waals surface area (Å²) in [6, 6.07) is 4.58. The summed E-state index contributed by atoms with van der Waals surface area (Å²) in [7, 11) is 0. The Morgan fingerprint density at radius 1 is 1.11 bits per heavy atom. The van der Waals surface area contributed by atoms with Gasteiger partial charge in [-0.3, -0.25) is 4.79 Å². The molecule has 0 bridgehead atoms. The Balaban J connectivity index is 1.76. The number of hydrogen-bond acceptors (Lipinski definition) is 2. The molecule has 0 spiro atoms. The number of rotatable bonds is 3. The van der Waals surface area contributed by atoms with Crippen molar-refractivity contribution < 1.29 is 4.79 Å². The van der Waals surface area contributed by atoms with Gasteiger partial charge < -0.3 is 9.88 Å². The lowest BCUT2D eigenvalue weighted by Gasteiger charge is -2.27. The average molecular weight is 260 g/mol. The smallest absolute Gasteiger partial charge is 0.182 e. The Bertz CT molecular complexity index is 426. The molecule has 1 saturated heterocycles. The van der Waals surface area contributed by atoms with Crippen molar-refractivity contribution in [1.29, 1.82) is 0 Å². The second-order valence-corrected chi connectivity index (χ2v) is 5.98. The molecule has 1 aromatic rings. The van der Waals surface area contributed by atoms with Gasteiger partial charge in [-0.05, 0) is 50.9 Å². The SMILES string of the molecule is O=C(c1cccn1C1CCNCC1)C1CCCCC1. The van der Waals surface area contributed by atoms with Crippen LogP contribution in [0.5, 0.6) is 0 Å². The van der Waals surface area contributed by atoms with Crippen molar-refractivity contribution in [2.75, 3.05) is 13.1 Å². The quantitative estimate of drug-likeness (QED) is 0.847. The minimum atomic E-state index is 0.282. The van der Waals surface area contributed by atoms with Gasteiger partial charge in [-0.1, -0.05) is 19.3 Å². The Kier molecular flexibility index (Phi) is 4.02. The molecule has 0 radical (unpaired) electrons. The van der Waals surface area contributed by atoms with Crippen LogP contribution in [0.15, 0.2) is 18.3 Å². The molecule has 0 atom stereocenters. The highest BCUT2D eigenvalue weighted by Crippen LogP contribution is 2.29. The summed E-state index contributed by atoms with van der Waals surface area (Å²) in [4.78, 5) is 12.7. The standard InChI is InChI=1S/C16H24N2O/c19-16(13-5-2-1-3-6-13)15-7-4-12-18(15)14-8-10-17-11-9-14/h4,7,12-14,17H,1-3,5-6,8-11H2. The molecule has 0 unspecified atom stereocenters. The Labute approximate surface area is 115 Å². The summed E-state index contributed by atoms with van der Waals surface area (Å²) in [5.41, 5.74) is 0.957. The average Bonchev–Trinajstić information content (AvgIpc) is 2.98. The molecule has 3 rings (SSSR count). The van der Waals surface area contributed by atoms with Crippen LogP contribution in [0.25, 0.3) is 0 Å². The van der Waals surface area contributed by atoms with Crippen LogP contribution in [0.4, 0.5) is 0 Å². The van der Waals surface area contributed by atoms with Gasteiger partial charge in [0.2, 0.25) is 0 Å². The van der Waals surface area contributed by atoms with Gasteiger partial charge in [-0.15, -0.1) is 0 Å². The number of aromatic nitrogens is 1. The van der Waals surface area contributed by atoms with Gasteiger partial charge in [0.05, 0.1) is 5.69 Å². The number of nitrogens with zero attached hydrogens (tertiary/aromatic N) is 1. The fourth-order valence-corrected chi connectivity index (χ4v) is 3.58. The molecule has 1 saturated carbocycles. The van der Waals surface area contributed by atoms with E-state index >= 15 is 0 Å². The van der Waals surface area contributed by atoms with Gasteiger partial charge in [-0.25, -0.2) is 0 Å². The predicted octanol–water partition coefficient (Wildman–Crippen LogP) is 3.18. The predicted molar refractivity (Wildman–Crippen MR) is 76.5 cm³/mol. The van der Waals surface area contributed by atoms with Crippen molar-refractivity contribution in [2.24, 2.45) is 5.92 Å². The van der Waals surface area contributed by atoms with Gasteiger partial charge in [0.25, 0.3) is 0 Å². The van der Waals surface area contributed by atoms with Crippen LogP contribution in [0.1, 0.15) is 61.5 Å². The highest BCUT2D eigenvalue weighted by Gasteiger charge is 2.26. The van der Waals surface area contributed by atoms with E-state index in [1.54, 1.807) is 0 Å². The molecule has 2 fully saturated rings. The maximum atomic E-state index is 12.7. The van der Waals surface area contributed by atoms with Gasteiger partial charge in [-0.2, -0.15) is 0 Å². The van der Waals surface area contributed by atoms with E-state index in [1.807, 2.05) is 12.1 Å². The van der Waals surface area contributed by atoms with Gasteiger partial charge in [0.15, 0.2) is 5.78 Å². The number of ketones is 1. The molecule has 1 N–H and O–H groups in total.